The van der Waals surface area contributed by atoms with Gasteiger partial charge in [-0.3, -0.25) is 10.1 Å². The van der Waals surface area contributed by atoms with Gasteiger partial charge >= 0.3 is 5.69 Å². The van der Waals surface area contributed by atoms with Gasteiger partial charge in [-0.1, -0.05) is 41.6 Å². The number of nitrogens with two attached hydrogens (primary N) is 1. The van der Waals surface area contributed by atoms with Crippen molar-refractivity contribution in [3.05, 3.63) is 50.7 Å². The van der Waals surface area contributed by atoms with Crippen molar-refractivity contribution in [1.82, 2.24) is 9.97 Å². The van der Waals surface area contributed by atoms with Crippen LogP contribution in [0.3, 0.4) is 0 Å². The number of benzene rings is 1. The van der Waals surface area contributed by atoms with Crippen molar-refractivity contribution in [2.75, 3.05) is 5.73 Å². The van der Waals surface area contributed by atoms with Crippen molar-refractivity contribution < 1.29 is 4.92 Å². The van der Waals surface area contributed by atoms with E-state index in [-0.39, 0.29) is 22.4 Å². The lowest BCUT2D eigenvalue weighted by atomic mass is 10.2. The van der Waals surface area contributed by atoms with Gasteiger partial charge in [-0.15, -0.1) is 0 Å². The summed E-state index contributed by atoms with van der Waals surface area (Å²) in [5.41, 5.74) is 6.56. The Morgan fingerprint density at radius 2 is 2.10 bits per heavy atom. The number of rotatable bonds is 4. The molecule has 1 heterocycles. The first-order chi connectivity index (χ1) is 9.49. The molecule has 20 heavy (non-hydrogen) atoms. The maximum absolute atomic E-state index is 11.1. The highest BCUT2D eigenvalue weighted by Gasteiger charge is 2.21. The third-order valence-corrected chi connectivity index (χ3v) is 3.93. The Morgan fingerprint density at radius 1 is 1.40 bits per heavy atom. The van der Waals surface area contributed by atoms with Gasteiger partial charge in [0.1, 0.15) is 5.69 Å². The zero-order chi connectivity index (χ0) is 14.7. The van der Waals surface area contributed by atoms with E-state index < -0.39 is 4.92 Å². The number of aromatic nitrogens is 2. The molecule has 0 saturated heterocycles. The average molecular weight is 311 g/mol. The number of aryl methyl sites for hydroxylation is 1. The molecule has 1 aromatic carbocycles. The van der Waals surface area contributed by atoms with Crippen LogP contribution in [0.25, 0.3) is 0 Å². The van der Waals surface area contributed by atoms with Gasteiger partial charge < -0.3 is 5.73 Å². The Kier molecular flexibility index (Phi) is 4.41. The molecule has 0 radical (unpaired) electrons. The number of nitro groups is 1. The number of halogens is 1. The summed E-state index contributed by atoms with van der Waals surface area (Å²) in [4.78, 5) is 18.3. The number of thioether (sulfide) groups is 1. The van der Waals surface area contributed by atoms with Crippen molar-refractivity contribution in [1.29, 1.82) is 0 Å². The topological polar surface area (TPSA) is 94.9 Å². The third-order valence-electron chi connectivity index (χ3n) is 2.55. The van der Waals surface area contributed by atoms with Crippen LogP contribution in [0.15, 0.2) is 29.3 Å². The van der Waals surface area contributed by atoms with E-state index in [9.17, 15) is 10.1 Å². The third kappa shape index (κ3) is 3.17. The first-order valence-electron chi connectivity index (χ1n) is 5.63. The molecule has 0 atom stereocenters. The summed E-state index contributed by atoms with van der Waals surface area (Å²) in [5, 5.41) is 11.9. The molecule has 0 aliphatic rings. The predicted molar refractivity (Wildman–Crippen MR) is 78.8 cm³/mol. The molecular weight excluding hydrogens is 300 g/mol. The molecule has 0 fully saturated rings. The molecular formula is C12H11ClN4O2S. The van der Waals surface area contributed by atoms with Crippen molar-refractivity contribution in [2.45, 2.75) is 17.7 Å². The summed E-state index contributed by atoms with van der Waals surface area (Å²) in [6.45, 7) is 1.54. The highest BCUT2D eigenvalue weighted by Crippen LogP contribution is 2.33. The Morgan fingerprint density at radius 3 is 2.75 bits per heavy atom. The molecule has 6 nitrogen and oxygen atoms in total. The molecule has 0 amide bonds. The minimum Gasteiger partial charge on any atom is -0.368 e. The predicted octanol–water partition coefficient (Wildman–Crippen LogP) is 3.22. The van der Waals surface area contributed by atoms with Gasteiger partial charge in [-0.25, -0.2) is 4.98 Å². The summed E-state index contributed by atoms with van der Waals surface area (Å²) in [5.74, 6) is 0.492. The summed E-state index contributed by atoms with van der Waals surface area (Å²) in [6.07, 6.45) is 0. The van der Waals surface area contributed by atoms with E-state index >= 15 is 0 Å². The Bertz CT molecular complexity index is 666. The van der Waals surface area contributed by atoms with Crippen molar-refractivity contribution in [2.24, 2.45) is 0 Å². The zero-order valence-electron chi connectivity index (χ0n) is 10.5. The zero-order valence-corrected chi connectivity index (χ0v) is 12.1. The summed E-state index contributed by atoms with van der Waals surface area (Å²) in [6, 6.07) is 7.31. The Balaban J connectivity index is 2.30. The summed E-state index contributed by atoms with van der Waals surface area (Å²) in [7, 11) is 0. The summed E-state index contributed by atoms with van der Waals surface area (Å²) < 4.78 is 0. The minimum absolute atomic E-state index is 0.0229. The maximum Gasteiger partial charge on any atom is 0.322 e. The summed E-state index contributed by atoms with van der Waals surface area (Å²) >= 11 is 7.26. The first-order valence-corrected chi connectivity index (χ1v) is 7.00. The van der Waals surface area contributed by atoms with Crippen LogP contribution in [-0.4, -0.2) is 14.9 Å². The number of hydrogen-bond acceptors (Lipinski definition) is 6. The van der Waals surface area contributed by atoms with Crippen molar-refractivity contribution >= 4 is 35.0 Å². The van der Waals surface area contributed by atoms with E-state index in [0.717, 1.165) is 5.56 Å². The molecule has 0 aliphatic carbocycles. The van der Waals surface area contributed by atoms with Crippen LogP contribution in [0.2, 0.25) is 5.02 Å². The molecule has 0 aliphatic heterocycles. The number of nitrogen functional groups attached to an aromatic ring is 1. The quantitative estimate of drug-likeness (QED) is 0.403. The fourth-order valence-electron chi connectivity index (χ4n) is 1.63. The lowest BCUT2D eigenvalue weighted by molar-refractivity contribution is -0.389. The second-order valence-corrected chi connectivity index (χ2v) is 5.33. The molecule has 1 aromatic heterocycles. The van der Waals surface area contributed by atoms with E-state index in [0.29, 0.717) is 10.8 Å². The molecule has 2 rings (SSSR count). The van der Waals surface area contributed by atoms with Crippen LogP contribution in [0.5, 0.6) is 0 Å². The maximum atomic E-state index is 11.1. The van der Waals surface area contributed by atoms with E-state index in [4.69, 9.17) is 17.3 Å². The van der Waals surface area contributed by atoms with Gasteiger partial charge in [0.15, 0.2) is 5.03 Å². The van der Waals surface area contributed by atoms with Crippen LogP contribution in [0, 0.1) is 17.0 Å². The lowest BCUT2D eigenvalue weighted by Gasteiger charge is -2.06. The molecule has 0 bridgehead atoms. The second-order valence-electron chi connectivity index (χ2n) is 3.96. The number of nitrogens with zero attached hydrogens (tertiary/aromatic N) is 3. The van der Waals surface area contributed by atoms with Crippen LogP contribution in [-0.2, 0) is 5.75 Å². The molecule has 2 N–H and O–H groups in total. The highest BCUT2D eigenvalue weighted by atomic mass is 35.5. The van der Waals surface area contributed by atoms with Crippen molar-refractivity contribution in [3.8, 4) is 0 Å². The Labute approximate surface area is 124 Å². The van der Waals surface area contributed by atoms with E-state index in [1.54, 1.807) is 6.07 Å². The fraction of sp³-hybridized carbons (Fsp3) is 0.167. The van der Waals surface area contributed by atoms with E-state index in [1.165, 1.54) is 18.7 Å². The Hall–Kier alpha value is -1.86. The SMILES string of the molecule is Cc1nc(N)nc(SCc2ccccc2Cl)c1[N+](=O)[O-]. The van der Waals surface area contributed by atoms with Crippen LogP contribution < -0.4 is 5.73 Å². The second kappa shape index (κ2) is 6.06. The molecule has 2 aromatic rings. The number of hydrogen-bond donors (Lipinski definition) is 1. The van der Waals surface area contributed by atoms with Gasteiger partial charge in [0.2, 0.25) is 5.95 Å². The highest BCUT2D eigenvalue weighted by molar-refractivity contribution is 7.98. The fourth-order valence-corrected chi connectivity index (χ4v) is 2.98. The molecule has 104 valence electrons. The van der Waals surface area contributed by atoms with Crippen LogP contribution >= 0.6 is 23.4 Å². The van der Waals surface area contributed by atoms with Gasteiger partial charge in [-0.2, -0.15) is 4.98 Å². The monoisotopic (exact) mass is 310 g/mol. The van der Waals surface area contributed by atoms with Crippen LogP contribution in [0.1, 0.15) is 11.3 Å². The largest absolute Gasteiger partial charge is 0.368 e. The van der Waals surface area contributed by atoms with Gasteiger partial charge in [-0.05, 0) is 18.6 Å². The standard InChI is InChI=1S/C12H11ClN4O2S/c1-7-10(17(18)19)11(16-12(14)15-7)20-6-8-4-2-3-5-9(8)13/h2-5H,6H2,1H3,(H2,14,15,16). The minimum atomic E-state index is -0.496. The van der Waals surface area contributed by atoms with Crippen LogP contribution in [0.4, 0.5) is 11.6 Å². The number of anilines is 1. The normalized spacial score (nSPS) is 10.5. The van der Waals surface area contributed by atoms with E-state index in [2.05, 4.69) is 9.97 Å². The molecule has 0 spiro atoms. The van der Waals surface area contributed by atoms with Gasteiger partial charge in [0.25, 0.3) is 0 Å². The average Bonchev–Trinajstić information content (AvgIpc) is 2.36. The smallest absolute Gasteiger partial charge is 0.322 e. The van der Waals surface area contributed by atoms with E-state index in [1.807, 2.05) is 18.2 Å². The molecule has 0 unspecified atom stereocenters. The first kappa shape index (κ1) is 14.5. The van der Waals surface area contributed by atoms with Crippen molar-refractivity contribution in [3.63, 3.8) is 0 Å². The molecule has 8 heteroatoms. The molecule has 0 saturated carbocycles. The lowest BCUT2D eigenvalue weighted by Crippen LogP contribution is -2.04. The van der Waals surface area contributed by atoms with Gasteiger partial charge in [0, 0.05) is 10.8 Å². The van der Waals surface area contributed by atoms with Gasteiger partial charge in [0.05, 0.1) is 4.92 Å².